The molecule has 5 nitrogen and oxygen atoms in total. The number of morpholine rings is 1. The summed E-state index contributed by atoms with van der Waals surface area (Å²) in [5.74, 6) is 0.795. The fourth-order valence-electron chi connectivity index (χ4n) is 3.12. The van der Waals surface area contributed by atoms with Crippen molar-refractivity contribution < 1.29 is 9.53 Å². The van der Waals surface area contributed by atoms with Crippen molar-refractivity contribution in [2.75, 3.05) is 60.0 Å². The van der Waals surface area contributed by atoms with Gasteiger partial charge in [0.15, 0.2) is 0 Å². The molecular weight excluding hydrogens is 254 g/mol. The Balaban J connectivity index is 1.81. The topological polar surface area (TPSA) is 36.0 Å². The van der Waals surface area contributed by atoms with Gasteiger partial charge < -0.3 is 14.5 Å². The minimum absolute atomic E-state index is 0.188. The molecule has 0 spiro atoms. The van der Waals surface area contributed by atoms with Gasteiger partial charge >= 0.3 is 0 Å². The maximum Gasteiger partial charge on any atom is 0.236 e. The summed E-state index contributed by atoms with van der Waals surface area (Å²) in [6.07, 6.45) is 1.18. The van der Waals surface area contributed by atoms with E-state index in [0.717, 1.165) is 39.4 Å². The second-order valence-electron chi connectivity index (χ2n) is 6.72. The van der Waals surface area contributed by atoms with Gasteiger partial charge in [0.1, 0.15) is 0 Å². The predicted molar refractivity (Wildman–Crippen MR) is 79.7 cm³/mol. The number of likely N-dealkylation sites (N-methyl/N-ethyl adjacent to an activating group) is 1. The molecule has 2 aliphatic rings. The molecule has 0 aromatic heterocycles. The van der Waals surface area contributed by atoms with Gasteiger partial charge in [-0.2, -0.15) is 0 Å². The van der Waals surface area contributed by atoms with E-state index in [9.17, 15) is 4.79 Å². The van der Waals surface area contributed by atoms with Gasteiger partial charge in [-0.3, -0.25) is 9.69 Å². The molecule has 2 rings (SSSR count). The van der Waals surface area contributed by atoms with Crippen molar-refractivity contribution in [1.82, 2.24) is 14.7 Å². The summed E-state index contributed by atoms with van der Waals surface area (Å²) in [4.78, 5) is 18.8. The SMILES string of the molecule is CN(CC1CCN(C)C1(C)C)C(=O)CN1CCOCC1. The number of likely N-dealkylation sites (tertiary alicyclic amines) is 1. The van der Waals surface area contributed by atoms with Gasteiger partial charge in [0.05, 0.1) is 19.8 Å². The Bertz CT molecular complexity index is 340. The summed E-state index contributed by atoms with van der Waals surface area (Å²) >= 11 is 0. The van der Waals surface area contributed by atoms with Crippen LogP contribution < -0.4 is 0 Å². The quantitative estimate of drug-likeness (QED) is 0.753. The molecular formula is C15H29N3O2. The summed E-state index contributed by atoms with van der Waals surface area (Å²) in [5.41, 5.74) is 0.188. The van der Waals surface area contributed by atoms with Crippen LogP contribution in [0.2, 0.25) is 0 Å². The monoisotopic (exact) mass is 283 g/mol. The van der Waals surface area contributed by atoms with Crippen LogP contribution in [0.1, 0.15) is 20.3 Å². The highest BCUT2D eigenvalue weighted by Crippen LogP contribution is 2.33. The zero-order chi connectivity index (χ0) is 14.8. The van der Waals surface area contributed by atoms with E-state index in [1.54, 1.807) is 0 Å². The molecule has 0 radical (unpaired) electrons. The van der Waals surface area contributed by atoms with Crippen LogP contribution in [0.15, 0.2) is 0 Å². The lowest BCUT2D eigenvalue weighted by Crippen LogP contribution is -2.48. The number of hydrogen-bond donors (Lipinski definition) is 0. The number of nitrogens with zero attached hydrogens (tertiary/aromatic N) is 3. The first-order valence-corrected chi connectivity index (χ1v) is 7.66. The third-order valence-corrected chi connectivity index (χ3v) is 5.18. The number of carbonyl (C=O) groups is 1. The largest absolute Gasteiger partial charge is 0.379 e. The third kappa shape index (κ3) is 3.51. The van der Waals surface area contributed by atoms with E-state index >= 15 is 0 Å². The van der Waals surface area contributed by atoms with Gasteiger partial charge in [0.25, 0.3) is 0 Å². The maximum atomic E-state index is 12.3. The van der Waals surface area contributed by atoms with Crippen LogP contribution in [-0.4, -0.2) is 86.2 Å². The average molecular weight is 283 g/mol. The van der Waals surface area contributed by atoms with Crippen molar-refractivity contribution in [3.8, 4) is 0 Å². The molecule has 2 saturated heterocycles. The highest BCUT2D eigenvalue weighted by Gasteiger charge is 2.39. The Morgan fingerprint density at radius 3 is 2.50 bits per heavy atom. The van der Waals surface area contributed by atoms with E-state index in [1.807, 2.05) is 11.9 Å². The lowest BCUT2D eigenvalue weighted by atomic mass is 9.88. The van der Waals surface area contributed by atoms with Gasteiger partial charge in [-0.05, 0) is 39.8 Å². The van der Waals surface area contributed by atoms with E-state index < -0.39 is 0 Å². The van der Waals surface area contributed by atoms with E-state index in [1.165, 1.54) is 6.42 Å². The summed E-state index contributed by atoms with van der Waals surface area (Å²) in [6, 6.07) is 0. The second kappa shape index (κ2) is 6.41. The Kier molecular flexibility index (Phi) is 5.04. The van der Waals surface area contributed by atoms with Crippen LogP contribution >= 0.6 is 0 Å². The van der Waals surface area contributed by atoms with Gasteiger partial charge in [-0.1, -0.05) is 0 Å². The summed E-state index contributed by atoms with van der Waals surface area (Å²) in [6.45, 7) is 10.3. The Morgan fingerprint density at radius 2 is 1.95 bits per heavy atom. The standard InChI is InChI=1S/C15H29N3O2/c1-15(2)13(5-6-17(15)4)11-16(3)14(19)12-18-7-9-20-10-8-18/h13H,5-12H2,1-4H3. The van der Waals surface area contributed by atoms with E-state index in [-0.39, 0.29) is 11.4 Å². The molecule has 0 aromatic rings. The molecule has 1 amide bonds. The number of ether oxygens (including phenoxy) is 1. The highest BCUT2D eigenvalue weighted by molar-refractivity contribution is 5.78. The van der Waals surface area contributed by atoms with Gasteiger partial charge in [-0.15, -0.1) is 0 Å². The fraction of sp³-hybridized carbons (Fsp3) is 0.933. The van der Waals surface area contributed by atoms with Crippen molar-refractivity contribution in [2.45, 2.75) is 25.8 Å². The average Bonchev–Trinajstić information content (AvgIpc) is 2.66. The van der Waals surface area contributed by atoms with E-state index in [2.05, 4.69) is 30.7 Å². The molecule has 0 saturated carbocycles. The number of rotatable bonds is 4. The molecule has 0 aliphatic carbocycles. The minimum Gasteiger partial charge on any atom is -0.379 e. The smallest absolute Gasteiger partial charge is 0.236 e. The van der Waals surface area contributed by atoms with E-state index in [0.29, 0.717) is 12.5 Å². The van der Waals surface area contributed by atoms with Crippen LogP contribution in [0.25, 0.3) is 0 Å². The van der Waals surface area contributed by atoms with Gasteiger partial charge in [0, 0.05) is 32.2 Å². The van der Waals surface area contributed by atoms with Crippen molar-refractivity contribution in [3.05, 3.63) is 0 Å². The molecule has 0 bridgehead atoms. The Morgan fingerprint density at radius 1 is 1.30 bits per heavy atom. The van der Waals surface area contributed by atoms with Crippen molar-refractivity contribution in [1.29, 1.82) is 0 Å². The maximum absolute atomic E-state index is 12.3. The van der Waals surface area contributed by atoms with Gasteiger partial charge in [0.2, 0.25) is 5.91 Å². The number of hydrogen-bond acceptors (Lipinski definition) is 4. The first-order chi connectivity index (χ1) is 9.41. The number of amides is 1. The third-order valence-electron chi connectivity index (χ3n) is 5.18. The lowest BCUT2D eigenvalue weighted by molar-refractivity contribution is -0.133. The molecule has 2 heterocycles. The Labute approximate surface area is 122 Å². The second-order valence-corrected chi connectivity index (χ2v) is 6.72. The molecule has 0 aromatic carbocycles. The van der Waals surface area contributed by atoms with Gasteiger partial charge in [-0.25, -0.2) is 0 Å². The fourth-order valence-corrected chi connectivity index (χ4v) is 3.12. The predicted octanol–water partition coefficient (Wildman–Crippen LogP) is 0.507. The molecule has 116 valence electrons. The first-order valence-electron chi connectivity index (χ1n) is 7.66. The molecule has 5 heteroatoms. The van der Waals surface area contributed by atoms with Crippen molar-refractivity contribution in [3.63, 3.8) is 0 Å². The zero-order valence-electron chi connectivity index (χ0n) is 13.4. The van der Waals surface area contributed by atoms with Crippen LogP contribution in [0.4, 0.5) is 0 Å². The summed E-state index contributed by atoms with van der Waals surface area (Å²) in [7, 11) is 4.12. The van der Waals surface area contributed by atoms with Crippen LogP contribution in [-0.2, 0) is 9.53 Å². The molecule has 2 fully saturated rings. The van der Waals surface area contributed by atoms with Crippen LogP contribution in [0.3, 0.4) is 0 Å². The van der Waals surface area contributed by atoms with Crippen molar-refractivity contribution in [2.24, 2.45) is 5.92 Å². The normalized spacial score (nSPS) is 27.7. The lowest BCUT2D eigenvalue weighted by Gasteiger charge is -2.36. The van der Waals surface area contributed by atoms with Crippen molar-refractivity contribution >= 4 is 5.91 Å². The first kappa shape index (κ1) is 15.7. The minimum atomic E-state index is 0.188. The molecule has 0 N–H and O–H groups in total. The number of carbonyl (C=O) groups excluding carboxylic acids is 1. The molecule has 1 atom stereocenters. The zero-order valence-corrected chi connectivity index (χ0v) is 13.4. The molecule has 2 aliphatic heterocycles. The molecule has 1 unspecified atom stereocenters. The van der Waals surface area contributed by atoms with E-state index in [4.69, 9.17) is 4.74 Å². The van der Waals surface area contributed by atoms with Crippen LogP contribution in [0.5, 0.6) is 0 Å². The highest BCUT2D eigenvalue weighted by atomic mass is 16.5. The summed E-state index contributed by atoms with van der Waals surface area (Å²) < 4.78 is 5.32. The summed E-state index contributed by atoms with van der Waals surface area (Å²) in [5, 5.41) is 0. The van der Waals surface area contributed by atoms with Crippen LogP contribution in [0, 0.1) is 5.92 Å². The Hall–Kier alpha value is -0.650. The molecule has 20 heavy (non-hydrogen) atoms.